The van der Waals surface area contributed by atoms with Crippen LogP contribution in [0.4, 0.5) is 11.4 Å². The van der Waals surface area contributed by atoms with Crippen LogP contribution in [0, 0.1) is 0 Å². The second-order valence-electron chi connectivity index (χ2n) is 3.81. The van der Waals surface area contributed by atoms with E-state index < -0.39 is 5.97 Å². The predicted molar refractivity (Wildman–Crippen MR) is 60.6 cm³/mol. The van der Waals surface area contributed by atoms with E-state index in [2.05, 4.69) is 5.32 Å². The molecule has 1 aliphatic rings. The van der Waals surface area contributed by atoms with Crippen molar-refractivity contribution in [2.75, 3.05) is 17.7 Å². The molecule has 5 nitrogen and oxygen atoms in total. The number of nitrogens with one attached hydrogen (secondary N) is 1. The van der Waals surface area contributed by atoms with E-state index in [4.69, 9.17) is 15.6 Å². The van der Waals surface area contributed by atoms with E-state index in [9.17, 15) is 4.79 Å². The molecule has 0 fully saturated rings. The first-order chi connectivity index (χ1) is 7.66. The van der Waals surface area contributed by atoms with Crippen LogP contribution in [0.25, 0.3) is 0 Å². The maximum Gasteiger partial charge on any atom is 0.303 e. The molecular formula is C11H14N2O3. The largest absolute Gasteiger partial charge is 0.487 e. The average molecular weight is 222 g/mol. The van der Waals surface area contributed by atoms with Gasteiger partial charge in [0, 0.05) is 6.42 Å². The maximum absolute atomic E-state index is 10.5. The maximum atomic E-state index is 10.5. The first-order valence-corrected chi connectivity index (χ1v) is 5.16. The van der Waals surface area contributed by atoms with Gasteiger partial charge < -0.3 is 20.9 Å². The summed E-state index contributed by atoms with van der Waals surface area (Å²) in [6, 6.07) is 5.52. The number of nitrogens with two attached hydrogens (primary N) is 1. The van der Waals surface area contributed by atoms with Crippen LogP contribution in [0.2, 0.25) is 0 Å². The minimum absolute atomic E-state index is 0.0328. The molecule has 86 valence electrons. The molecule has 1 aliphatic heterocycles. The molecule has 1 unspecified atom stereocenters. The lowest BCUT2D eigenvalue weighted by atomic mass is 10.1. The van der Waals surface area contributed by atoms with Crippen LogP contribution in [0.3, 0.4) is 0 Å². The van der Waals surface area contributed by atoms with Crippen molar-refractivity contribution in [2.45, 2.75) is 18.9 Å². The molecule has 5 heteroatoms. The third-order valence-corrected chi connectivity index (χ3v) is 2.54. The number of fused-ring (bicyclic) bond motifs is 1. The molecule has 0 amide bonds. The van der Waals surface area contributed by atoms with Crippen LogP contribution < -0.4 is 15.8 Å². The third kappa shape index (κ3) is 2.18. The molecular weight excluding hydrogens is 208 g/mol. The molecule has 0 spiro atoms. The lowest BCUT2D eigenvalue weighted by molar-refractivity contribution is -0.137. The molecule has 1 heterocycles. The van der Waals surface area contributed by atoms with Crippen LogP contribution in [-0.4, -0.2) is 23.7 Å². The van der Waals surface area contributed by atoms with Gasteiger partial charge in [0.2, 0.25) is 0 Å². The highest BCUT2D eigenvalue weighted by atomic mass is 16.5. The molecule has 4 N–H and O–H groups in total. The Hall–Kier alpha value is -1.91. The number of hydrogen-bond donors (Lipinski definition) is 3. The third-order valence-electron chi connectivity index (χ3n) is 2.54. The van der Waals surface area contributed by atoms with Crippen LogP contribution in [0.5, 0.6) is 5.75 Å². The Morgan fingerprint density at radius 1 is 1.62 bits per heavy atom. The number of carbonyl (C=O) groups is 1. The van der Waals surface area contributed by atoms with Crippen molar-refractivity contribution in [1.29, 1.82) is 0 Å². The standard InChI is InChI=1S/C11H14N2O3/c12-8-2-1-3-9-11(8)16-6-7(13-9)4-5-10(14)15/h1-3,7,13H,4-6,12H2,(H,14,15). The number of carboxylic acids is 1. The first-order valence-electron chi connectivity index (χ1n) is 5.16. The van der Waals surface area contributed by atoms with E-state index in [-0.39, 0.29) is 12.5 Å². The molecule has 0 radical (unpaired) electrons. The number of carboxylic acid groups (broad SMARTS) is 1. The summed E-state index contributed by atoms with van der Waals surface area (Å²) in [5.41, 5.74) is 7.18. The summed E-state index contributed by atoms with van der Waals surface area (Å²) in [7, 11) is 0. The number of benzene rings is 1. The van der Waals surface area contributed by atoms with Crippen LogP contribution >= 0.6 is 0 Å². The fourth-order valence-corrected chi connectivity index (χ4v) is 1.73. The van der Waals surface area contributed by atoms with E-state index in [0.717, 1.165) is 5.69 Å². The van der Waals surface area contributed by atoms with E-state index in [1.165, 1.54) is 0 Å². The summed E-state index contributed by atoms with van der Waals surface area (Å²) in [6.07, 6.45) is 0.683. The van der Waals surface area contributed by atoms with Gasteiger partial charge in [0.1, 0.15) is 6.61 Å². The van der Waals surface area contributed by atoms with Gasteiger partial charge in [-0.1, -0.05) is 6.07 Å². The Morgan fingerprint density at radius 2 is 2.44 bits per heavy atom. The van der Waals surface area contributed by atoms with Crippen molar-refractivity contribution in [1.82, 2.24) is 0 Å². The number of ether oxygens (including phenoxy) is 1. The molecule has 1 aromatic rings. The minimum Gasteiger partial charge on any atom is -0.487 e. The van der Waals surface area contributed by atoms with Gasteiger partial charge in [0.05, 0.1) is 17.4 Å². The Bertz CT molecular complexity index is 406. The van der Waals surface area contributed by atoms with Gasteiger partial charge in [-0.15, -0.1) is 0 Å². The van der Waals surface area contributed by atoms with Crippen molar-refractivity contribution < 1.29 is 14.6 Å². The van der Waals surface area contributed by atoms with Crippen molar-refractivity contribution in [3.05, 3.63) is 18.2 Å². The van der Waals surface area contributed by atoms with Crippen LogP contribution in [-0.2, 0) is 4.79 Å². The summed E-state index contributed by atoms with van der Waals surface area (Å²) in [5, 5.41) is 11.8. The SMILES string of the molecule is Nc1cccc2c1OCC(CCC(=O)O)N2. The quantitative estimate of drug-likeness (QED) is 0.671. The number of aliphatic carboxylic acids is 1. The normalized spacial score (nSPS) is 18.1. The van der Waals surface area contributed by atoms with Gasteiger partial charge in [-0.2, -0.15) is 0 Å². The predicted octanol–water partition coefficient (Wildman–Crippen LogP) is 1.31. The van der Waals surface area contributed by atoms with E-state index in [1.54, 1.807) is 6.07 Å². The van der Waals surface area contributed by atoms with E-state index >= 15 is 0 Å². The molecule has 16 heavy (non-hydrogen) atoms. The lowest BCUT2D eigenvalue weighted by Gasteiger charge is -2.27. The average Bonchev–Trinajstić information content (AvgIpc) is 2.26. The second-order valence-corrected chi connectivity index (χ2v) is 3.81. The zero-order valence-corrected chi connectivity index (χ0v) is 8.77. The number of para-hydroxylation sites is 1. The summed E-state index contributed by atoms with van der Waals surface area (Å²) in [6.45, 7) is 0.453. The van der Waals surface area contributed by atoms with Gasteiger partial charge in [-0.3, -0.25) is 4.79 Å². The van der Waals surface area contributed by atoms with Gasteiger partial charge in [0.15, 0.2) is 5.75 Å². The fraction of sp³-hybridized carbons (Fsp3) is 0.364. The molecule has 0 aromatic heterocycles. The van der Waals surface area contributed by atoms with Crippen molar-refractivity contribution in [2.24, 2.45) is 0 Å². The highest BCUT2D eigenvalue weighted by Crippen LogP contribution is 2.34. The van der Waals surface area contributed by atoms with Crippen molar-refractivity contribution >= 4 is 17.3 Å². The van der Waals surface area contributed by atoms with Gasteiger partial charge in [-0.25, -0.2) is 0 Å². The first kappa shape index (κ1) is 10.6. The molecule has 0 aliphatic carbocycles. The van der Waals surface area contributed by atoms with Gasteiger partial charge in [0.25, 0.3) is 0 Å². The fourth-order valence-electron chi connectivity index (χ4n) is 1.73. The number of anilines is 2. The van der Waals surface area contributed by atoms with Crippen molar-refractivity contribution in [3.63, 3.8) is 0 Å². The monoisotopic (exact) mass is 222 g/mol. The summed E-state index contributed by atoms with van der Waals surface area (Å²) >= 11 is 0. The molecule has 2 rings (SSSR count). The summed E-state index contributed by atoms with van der Waals surface area (Å²) in [4.78, 5) is 10.5. The Kier molecular flexibility index (Phi) is 2.85. The molecule has 0 saturated carbocycles. The molecule has 1 aromatic carbocycles. The summed E-state index contributed by atoms with van der Waals surface area (Å²) < 4.78 is 5.52. The number of nitrogen functional groups attached to an aromatic ring is 1. The zero-order valence-electron chi connectivity index (χ0n) is 8.77. The molecule has 0 saturated heterocycles. The topological polar surface area (TPSA) is 84.6 Å². The minimum atomic E-state index is -0.792. The van der Waals surface area contributed by atoms with Crippen LogP contribution in [0.1, 0.15) is 12.8 Å². The van der Waals surface area contributed by atoms with Gasteiger partial charge >= 0.3 is 5.97 Å². The Labute approximate surface area is 93.2 Å². The highest BCUT2D eigenvalue weighted by Gasteiger charge is 2.20. The Balaban J connectivity index is 2.04. The number of hydrogen-bond acceptors (Lipinski definition) is 4. The lowest BCUT2D eigenvalue weighted by Crippen LogP contribution is -2.32. The second kappa shape index (κ2) is 4.30. The molecule has 0 bridgehead atoms. The van der Waals surface area contributed by atoms with Crippen LogP contribution in [0.15, 0.2) is 18.2 Å². The molecule has 1 atom stereocenters. The van der Waals surface area contributed by atoms with E-state index in [0.29, 0.717) is 24.5 Å². The number of rotatable bonds is 3. The highest BCUT2D eigenvalue weighted by molar-refractivity contribution is 5.71. The van der Waals surface area contributed by atoms with E-state index in [1.807, 2.05) is 12.1 Å². The zero-order chi connectivity index (χ0) is 11.5. The van der Waals surface area contributed by atoms with Gasteiger partial charge in [-0.05, 0) is 18.6 Å². The smallest absolute Gasteiger partial charge is 0.303 e. The summed E-state index contributed by atoms with van der Waals surface area (Å²) in [5.74, 6) is -0.130. The Morgan fingerprint density at radius 3 is 3.19 bits per heavy atom. The van der Waals surface area contributed by atoms with Crippen molar-refractivity contribution in [3.8, 4) is 5.75 Å².